The van der Waals surface area contributed by atoms with Gasteiger partial charge in [-0.3, -0.25) is 0 Å². The number of hydrogen-bond acceptors (Lipinski definition) is 0. The third-order valence-electron chi connectivity index (χ3n) is 16.6. The molecular weight excluding hydrogens is 674 g/mol. The third-order valence-corrected chi connectivity index (χ3v) is 16.6. The zero-order chi connectivity index (χ0) is 43.2. The number of hydrogen-bond donors (Lipinski definition) is 0. The van der Waals surface area contributed by atoms with Gasteiger partial charge in [-0.2, -0.15) is 0 Å². The third kappa shape index (κ3) is 5.50. The van der Waals surface area contributed by atoms with Crippen molar-refractivity contribution in [3.8, 4) is 0 Å². The highest BCUT2D eigenvalue weighted by atomic mass is 15.0. The number of nitrogens with zero attached hydrogens (tertiary/aromatic N) is 2. The van der Waals surface area contributed by atoms with Crippen LogP contribution in [0.3, 0.4) is 0 Å². The Kier molecular flexibility index (Phi) is 10.8. The molecule has 0 N–H and O–H groups in total. The molecule has 2 aromatic heterocycles. The lowest BCUT2D eigenvalue weighted by molar-refractivity contribution is 0.763. The van der Waals surface area contributed by atoms with E-state index in [0.717, 1.165) is 5.47 Å². The van der Waals surface area contributed by atoms with Crippen molar-refractivity contribution in [2.24, 2.45) is 0 Å². The summed E-state index contributed by atoms with van der Waals surface area (Å²) in [6, 6.07) is 0.0939. The summed E-state index contributed by atoms with van der Waals surface area (Å²) in [5.41, 5.74) is 37.5. The van der Waals surface area contributed by atoms with Gasteiger partial charge in [0.25, 0.3) is 0 Å². The van der Waals surface area contributed by atoms with Crippen molar-refractivity contribution < 1.29 is 0 Å². The lowest BCUT2D eigenvalue weighted by atomic mass is 9.63. The molecular formula is C34H48B22N2. The predicted octanol–water partition coefficient (Wildman–Crippen LogP) is -25.2. The van der Waals surface area contributed by atoms with E-state index in [1.807, 2.05) is 0 Å². The van der Waals surface area contributed by atoms with Gasteiger partial charge >= 0.3 is 0 Å². The Morgan fingerprint density at radius 3 is 1.03 bits per heavy atom. The minimum atomic E-state index is 0.0458. The average molecular weight is 723 g/mol. The molecule has 2 nitrogen and oxygen atoms in total. The fourth-order valence-corrected chi connectivity index (χ4v) is 11.5. The summed E-state index contributed by atoms with van der Waals surface area (Å²) >= 11 is 0. The van der Waals surface area contributed by atoms with Crippen LogP contribution >= 0.6 is 0 Å². The smallest absolute Gasteiger partial charge is 0.141 e. The molecule has 260 valence electrons. The maximum atomic E-state index is 4.64. The van der Waals surface area contributed by atoms with Crippen molar-refractivity contribution in [3.05, 3.63) is 45.1 Å². The van der Waals surface area contributed by atoms with Gasteiger partial charge < -0.3 is 9.13 Å². The van der Waals surface area contributed by atoms with E-state index in [2.05, 4.69) is 188 Å². The monoisotopic (exact) mass is 727 g/mol. The molecule has 6 aromatic rings. The van der Waals surface area contributed by atoms with E-state index in [4.69, 9.17) is 0 Å². The van der Waals surface area contributed by atoms with Gasteiger partial charge in [0.2, 0.25) is 0 Å². The lowest BCUT2D eigenvalue weighted by Gasteiger charge is -2.29. The van der Waals surface area contributed by atoms with Gasteiger partial charge in [-0.25, -0.2) is 0 Å². The standard InChI is InChI=1S/C34H48B22N2/c1-2(35)9(36)8(34(56)58-31-6(13(40)18(45)22(49)27(31)54)7-14(41)19(46)23(50)28(55)32(7)58)3-10(37)24(51)33(15(3)42)57-29-4(11(38)16(43)20(47)25(29)52)5-12(39)17(44)21(48)26(53)30(5)57/h33-34H,1,35-56H2/b9-8+. The number of allylic oxidation sites excluding steroid dienone is 7. The van der Waals surface area contributed by atoms with Gasteiger partial charge in [-0.05, 0) is 32.7 Å². The Bertz CT molecular complexity index is 2900. The second kappa shape index (κ2) is 14.5. The molecule has 2 heterocycles. The Hall–Kier alpha value is -3.13. The molecule has 4 aromatic carbocycles. The van der Waals surface area contributed by atoms with E-state index in [9.17, 15) is 0 Å². The van der Waals surface area contributed by atoms with Crippen LogP contribution < -0.4 is 87.4 Å². The summed E-state index contributed by atoms with van der Waals surface area (Å²) in [4.78, 5) is 0. The molecule has 0 saturated heterocycles. The number of rotatable bonds is 5. The topological polar surface area (TPSA) is 9.86 Å². The fourth-order valence-electron chi connectivity index (χ4n) is 11.5. The minimum Gasteiger partial charge on any atom is -0.343 e. The number of fused-ring (bicyclic) bond motifs is 6. The highest BCUT2D eigenvalue weighted by molar-refractivity contribution is 6.73. The van der Waals surface area contributed by atoms with Crippen LogP contribution in [0.5, 0.6) is 0 Å². The van der Waals surface area contributed by atoms with Gasteiger partial charge in [-0.15, -0.1) is 33.9 Å². The quantitative estimate of drug-likeness (QED) is 0.124. The second-order valence-electron chi connectivity index (χ2n) is 18.9. The van der Waals surface area contributed by atoms with E-state index >= 15 is 0 Å². The summed E-state index contributed by atoms with van der Waals surface area (Å²) < 4.78 is 5.54. The van der Waals surface area contributed by atoms with Crippen molar-refractivity contribution in [2.75, 3.05) is 0 Å². The van der Waals surface area contributed by atoms with Crippen molar-refractivity contribution >= 4 is 304 Å². The predicted molar refractivity (Wildman–Crippen MR) is 329 cm³/mol. The maximum Gasteiger partial charge on any atom is 0.141 e. The molecule has 58 heavy (non-hydrogen) atoms. The summed E-state index contributed by atoms with van der Waals surface area (Å²) in [6.45, 7) is 4.64. The van der Waals surface area contributed by atoms with Gasteiger partial charge in [0.1, 0.15) is 173 Å². The largest absolute Gasteiger partial charge is 0.343 e. The highest BCUT2D eigenvalue weighted by Crippen LogP contribution is 2.46. The summed E-state index contributed by atoms with van der Waals surface area (Å²) in [5, 5.41) is 5.73. The Labute approximate surface area is 367 Å². The molecule has 0 saturated carbocycles. The first kappa shape index (κ1) is 43.0. The molecule has 1 aliphatic rings. The first-order valence-corrected chi connectivity index (χ1v) is 21.7. The summed E-state index contributed by atoms with van der Waals surface area (Å²) in [7, 11) is 51.8. The average Bonchev–Trinajstić information content (AvgIpc) is 3.80. The van der Waals surface area contributed by atoms with Crippen LogP contribution in [0.1, 0.15) is 12.0 Å². The van der Waals surface area contributed by atoms with Crippen LogP contribution in [0.15, 0.2) is 45.1 Å². The molecule has 24 heteroatoms. The van der Waals surface area contributed by atoms with E-state index in [1.54, 1.807) is 0 Å². The molecule has 0 radical (unpaired) electrons. The maximum absolute atomic E-state index is 4.64. The van der Waals surface area contributed by atoms with Crippen LogP contribution in [0.25, 0.3) is 43.6 Å². The fraction of sp³-hybridized carbons (Fsp3) is 0.0588. The van der Waals surface area contributed by atoms with Crippen LogP contribution in [0, 0.1) is 0 Å². The first-order chi connectivity index (χ1) is 26.9. The second-order valence-corrected chi connectivity index (χ2v) is 18.9. The van der Waals surface area contributed by atoms with E-state index < -0.39 is 0 Å². The molecule has 0 bridgehead atoms. The summed E-state index contributed by atoms with van der Waals surface area (Å²) in [6.07, 6.45) is 0. The van der Waals surface area contributed by atoms with Crippen molar-refractivity contribution in [1.29, 1.82) is 0 Å². The molecule has 0 fully saturated rings. The molecule has 2 unspecified atom stereocenters. The number of benzene rings is 4. The van der Waals surface area contributed by atoms with Gasteiger partial charge in [0, 0.05) is 28.0 Å². The van der Waals surface area contributed by atoms with Crippen molar-refractivity contribution in [2.45, 2.75) is 12.0 Å². The van der Waals surface area contributed by atoms with E-state index in [0.29, 0.717) is 0 Å². The molecule has 0 aliphatic heterocycles. The Balaban J connectivity index is 1.66. The lowest BCUT2D eigenvalue weighted by Crippen LogP contribution is -2.49. The van der Waals surface area contributed by atoms with Gasteiger partial charge in [0.05, 0.1) is 6.04 Å². The van der Waals surface area contributed by atoms with Gasteiger partial charge in [0.15, 0.2) is 0 Å². The zero-order valence-corrected chi connectivity index (χ0v) is 40.3. The first-order valence-electron chi connectivity index (χ1n) is 21.7. The van der Waals surface area contributed by atoms with Crippen LogP contribution in [-0.2, 0) is 0 Å². The van der Waals surface area contributed by atoms with Gasteiger partial charge in [-0.1, -0.05) is 87.4 Å². The highest BCUT2D eigenvalue weighted by Gasteiger charge is 2.36. The van der Waals surface area contributed by atoms with Crippen LogP contribution in [0.2, 0.25) is 0 Å². The van der Waals surface area contributed by atoms with Crippen LogP contribution in [0.4, 0.5) is 0 Å². The normalized spacial score (nSPS) is 15.7. The number of aromatic nitrogens is 2. The Morgan fingerprint density at radius 1 is 0.414 bits per heavy atom. The molecule has 2 atom stereocenters. The van der Waals surface area contributed by atoms with Crippen molar-refractivity contribution in [3.63, 3.8) is 0 Å². The zero-order valence-electron chi connectivity index (χ0n) is 40.3. The van der Waals surface area contributed by atoms with E-state index in [1.165, 1.54) is 164 Å². The summed E-state index contributed by atoms with van der Waals surface area (Å²) in [5.74, 6) is 0.0458. The molecule has 1 aliphatic carbocycles. The Morgan fingerprint density at radius 2 is 0.707 bits per heavy atom. The molecule has 0 amide bonds. The van der Waals surface area contributed by atoms with Crippen LogP contribution in [-0.4, -0.2) is 182 Å². The SMILES string of the molecule is BC(=C)/C(B)=C(/C1=C(B)C(n2c3c(B)c(B)c(B)c(B)c3c3c(B)c(B)c(B)c(B)c32)C(B)=C1B)C(B)n1c2c(B)c(B)c(B)c(B)c2c2c(B)c(B)c(B)c(B)c21. The molecule has 7 rings (SSSR count). The van der Waals surface area contributed by atoms with Crippen molar-refractivity contribution in [1.82, 2.24) is 9.13 Å². The minimum absolute atomic E-state index is 0.0458. The van der Waals surface area contributed by atoms with E-state index in [-0.39, 0.29) is 12.0 Å². The molecule has 0 spiro atoms.